The predicted octanol–water partition coefficient (Wildman–Crippen LogP) is 3.15. The van der Waals surface area contributed by atoms with Crippen LogP contribution in [0.3, 0.4) is 0 Å². The van der Waals surface area contributed by atoms with Crippen molar-refractivity contribution in [3.05, 3.63) is 19.9 Å². The summed E-state index contributed by atoms with van der Waals surface area (Å²) in [7, 11) is 0. The molecule has 0 saturated heterocycles. The summed E-state index contributed by atoms with van der Waals surface area (Å²) >= 11 is 3.97. The minimum atomic E-state index is 0.503. The van der Waals surface area contributed by atoms with Crippen molar-refractivity contribution in [1.29, 1.82) is 0 Å². The van der Waals surface area contributed by atoms with E-state index in [1.807, 2.05) is 6.92 Å². The standard InChI is InChI=1S/C9H9IN2OS/c1-2-6-8(13-12-9(6)11)5-3-7(10)14-4-5/h3-4H,2H2,1H3,(H2,11,12). The molecule has 0 aromatic carbocycles. The molecular weight excluding hydrogens is 311 g/mol. The highest BCUT2D eigenvalue weighted by molar-refractivity contribution is 14.1. The van der Waals surface area contributed by atoms with Gasteiger partial charge in [-0.25, -0.2) is 0 Å². The first-order valence-corrected chi connectivity index (χ1v) is 6.16. The molecule has 0 amide bonds. The molecule has 0 aliphatic carbocycles. The van der Waals surface area contributed by atoms with E-state index in [9.17, 15) is 0 Å². The molecular formula is C9H9IN2OS. The molecule has 2 heterocycles. The second-order valence-electron chi connectivity index (χ2n) is 2.87. The molecule has 0 bridgehead atoms. The molecule has 0 saturated carbocycles. The lowest BCUT2D eigenvalue weighted by atomic mass is 10.1. The van der Waals surface area contributed by atoms with Gasteiger partial charge in [0.15, 0.2) is 11.6 Å². The maximum Gasteiger partial charge on any atom is 0.173 e. The van der Waals surface area contributed by atoms with Gasteiger partial charge in [0, 0.05) is 16.5 Å². The third-order valence-electron chi connectivity index (χ3n) is 2.00. The normalized spacial score (nSPS) is 10.7. The summed E-state index contributed by atoms with van der Waals surface area (Å²) in [4.78, 5) is 0. The zero-order chi connectivity index (χ0) is 10.1. The number of nitrogens with zero attached hydrogens (tertiary/aromatic N) is 1. The van der Waals surface area contributed by atoms with Crippen molar-refractivity contribution in [2.24, 2.45) is 0 Å². The van der Waals surface area contributed by atoms with E-state index in [4.69, 9.17) is 10.3 Å². The van der Waals surface area contributed by atoms with Crippen molar-refractivity contribution >= 4 is 39.7 Å². The fraction of sp³-hybridized carbons (Fsp3) is 0.222. The van der Waals surface area contributed by atoms with Gasteiger partial charge < -0.3 is 10.3 Å². The number of nitrogen functional groups attached to an aromatic ring is 1. The van der Waals surface area contributed by atoms with Crippen LogP contribution in [0.4, 0.5) is 5.82 Å². The molecule has 14 heavy (non-hydrogen) atoms. The monoisotopic (exact) mass is 320 g/mol. The lowest BCUT2D eigenvalue weighted by Crippen LogP contribution is -1.90. The number of aromatic nitrogens is 1. The molecule has 5 heteroatoms. The fourth-order valence-corrected chi connectivity index (χ4v) is 2.65. The third kappa shape index (κ3) is 1.66. The Hall–Kier alpha value is -0.560. The van der Waals surface area contributed by atoms with Gasteiger partial charge in [0.05, 0.1) is 2.88 Å². The minimum absolute atomic E-state index is 0.503. The van der Waals surface area contributed by atoms with Gasteiger partial charge in [-0.15, -0.1) is 11.3 Å². The maximum atomic E-state index is 5.69. The minimum Gasteiger partial charge on any atom is -0.381 e. The Bertz CT molecular complexity index is 449. The summed E-state index contributed by atoms with van der Waals surface area (Å²) in [6.07, 6.45) is 0.844. The zero-order valence-electron chi connectivity index (χ0n) is 7.58. The van der Waals surface area contributed by atoms with Crippen LogP contribution < -0.4 is 5.73 Å². The van der Waals surface area contributed by atoms with Crippen LogP contribution in [0.1, 0.15) is 12.5 Å². The summed E-state index contributed by atoms with van der Waals surface area (Å²) in [5.74, 6) is 1.31. The fourth-order valence-electron chi connectivity index (χ4n) is 1.32. The van der Waals surface area contributed by atoms with Gasteiger partial charge in [-0.1, -0.05) is 12.1 Å². The van der Waals surface area contributed by atoms with Crippen molar-refractivity contribution in [1.82, 2.24) is 5.16 Å². The molecule has 2 aromatic heterocycles. The Morgan fingerprint density at radius 3 is 3.00 bits per heavy atom. The highest BCUT2D eigenvalue weighted by atomic mass is 127. The van der Waals surface area contributed by atoms with Crippen molar-refractivity contribution in [2.75, 3.05) is 5.73 Å². The second kappa shape index (κ2) is 3.90. The third-order valence-corrected chi connectivity index (χ3v) is 3.79. The summed E-state index contributed by atoms with van der Waals surface area (Å²) in [6.45, 7) is 2.05. The van der Waals surface area contributed by atoms with Crippen LogP contribution in [-0.2, 0) is 6.42 Å². The van der Waals surface area contributed by atoms with Crippen LogP contribution >= 0.6 is 33.9 Å². The SMILES string of the molecule is CCc1c(N)noc1-c1csc(I)c1. The molecule has 2 aromatic rings. The Labute approximate surface area is 99.4 Å². The molecule has 2 N–H and O–H groups in total. The topological polar surface area (TPSA) is 52.0 Å². The van der Waals surface area contributed by atoms with Crippen molar-refractivity contribution in [2.45, 2.75) is 13.3 Å². The number of nitrogens with two attached hydrogens (primary N) is 1. The molecule has 0 radical (unpaired) electrons. The molecule has 0 aliphatic rings. The molecule has 0 atom stereocenters. The lowest BCUT2D eigenvalue weighted by Gasteiger charge is -1.94. The summed E-state index contributed by atoms with van der Waals surface area (Å²) in [5, 5.41) is 5.83. The average Bonchev–Trinajstić information content (AvgIpc) is 2.71. The van der Waals surface area contributed by atoms with E-state index in [0.717, 1.165) is 23.3 Å². The molecule has 0 unspecified atom stereocenters. The Kier molecular flexibility index (Phi) is 2.78. The smallest absolute Gasteiger partial charge is 0.173 e. The maximum absolute atomic E-state index is 5.69. The van der Waals surface area contributed by atoms with Gasteiger partial charge >= 0.3 is 0 Å². The first-order chi connectivity index (χ1) is 6.72. The van der Waals surface area contributed by atoms with Gasteiger partial charge in [0.2, 0.25) is 0 Å². The Morgan fingerprint density at radius 2 is 2.43 bits per heavy atom. The van der Waals surface area contributed by atoms with E-state index in [-0.39, 0.29) is 0 Å². The van der Waals surface area contributed by atoms with Crippen molar-refractivity contribution in [3.63, 3.8) is 0 Å². The predicted molar refractivity (Wildman–Crippen MR) is 66.3 cm³/mol. The molecule has 3 nitrogen and oxygen atoms in total. The zero-order valence-corrected chi connectivity index (χ0v) is 10.6. The van der Waals surface area contributed by atoms with E-state index in [0.29, 0.717) is 5.82 Å². The van der Waals surface area contributed by atoms with Gasteiger partial charge in [0.25, 0.3) is 0 Å². The summed E-state index contributed by atoms with van der Waals surface area (Å²) < 4.78 is 6.45. The first kappa shape index (κ1) is 9.97. The number of hydrogen-bond donors (Lipinski definition) is 1. The van der Waals surface area contributed by atoms with Crippen LogP contribution in [0.15, 0.2) is 16.0 Å². The van der Waals surface area contributed by atoms with Crippen LogP contribution in [0.5, 0.6) is 0 Å². The Morgan fingerprint density at radius 1 is 1.64 bits per heavy atom. The van der Waals surface area contributed by atoms with Crippen LogP contribution in [-0.4, -0.2) is 5.16 Å². The lowest BCUT2D eigenvalue weighted by molar-refractivity contribution is 0.435. The number of thiophene rings is 1. The van der Waals surface area contributed by atoms with Crippen LogP contribution in [0, 0.1) is 2.88 Å². The van der Waals surface area contributed by atoms with Crippen molar-refractivity contribution < 1.29 is 4.52 Å². The van der Waals surface area contributed by atoms with Crippen LogP contribution in [0.2, 0.25) is 0 Å². The summed E-state index contributed by atoms with van der Waals surface area (Å²) in [5.41, 5.74) is 7.76. The summed E-state index contributed by atoms with van der Waals surface area (Å²) in [6, 6.07) is 2.07. The highest BCUT2D eigenvalue weighted by Crippen LogP contribution is 2.31. The largest absolute Gasteiger partial charge is 0.381 e. The average molecular weight is 320 g/mol. The highest BCUT2D eigenvalue weighted by Gasteiger charge is 2.14. The van der Waals surface area contributed by atoms with Gasteiger partial charge in [-0.2, -0.15) is 0 Å². The van der Waals surface area contributed by atoms with E-state index >= 15 is 0 Å². The molecule has 2 rings (SSSR count). The number of rotatable bonds is 2. The van der Waals surface area contributed by atoms with Crippen LogP contribution in [0.25, 0.3) is 11.3 Å². The van der Waals surface area contributed by atoms with E-state index in [1.54, 1.807) is 11.3 Å². The molecule has 74 valence electrons. The number of halogens is 1. The van der Waals surface area contributed by atoms with Crippen molar-refractivity contribution in [3.8, 4) is 11.3 Å². The van der Waals surface area contributed by atoms with E-state index in [2.05, 4.69) is 39.2 Å². The van der Waals surface area contributed by atoms with Gasteiger partial charge in [-0.3, -0.25) is 0 Å². The number of hydrogen-bond acceptors (Lipinski definition) is 4. The molecule has 0 fully saturated rings. The second-order valence-corrected chi connectivity index (χ2v) is 5.67. The number of anilines is 1. The van der Waals surface area contributed by atoms with E-state index < -0.39 is 0 Å². The molecule has 0 aliphatic heterocycles. The van der Waals surface area contributed by atoms with E-state index in [1.165, 1.54) is 2.88 Å². The Balaban J connectivity index is 2.51. The first-order valence-electron chi connectivity index (χ1n) is 4.20. The molecule has 0 spiro atoms. The van der Waals surface area contributed by atoms with Gasteiger partial charge in [0.1, 0.15) is 0 Å². The van der Waals surface area contributed by atoms with Gasteiger partial charge in [-0.05, 0) is 35.1 Å². The quantitative estimate of drug-likeness (QED) is 0.865.